The molecule has 0 aliphatic heterocycles. The first-order chi connectivity index (χ1) is 8.61. The number of nitrogens with two attached hydrogens (primary N) is 1. The van der Waals surface area contributed by atoms with Gasteiger partial charge < -0.3 is 11.1 Å². The molecule has 106 valence electrons. The molecule has 2 rings (SSSR count). The van der Waals surface area contributed by atoms with E-state index in [1.165, 1.54) is 12.1 Å². The maximum atomic E-state index is 13.1. The molecule has 0 spiro atoms. The summed E-state index contributed by atoms with van der Waals surface area (Å²) in [5, 5.41) is 2.96. The van der Waals surface area contributed by atoms with E-state index in [0.717, 1.165) is 12.8 Å². The van der Waals surface area contributed by atoms with Crippen molar-refractivity contribution in [2.45, 2.75) is 31.7 Å². The van der Waals surface area contributed by atoms with Crippen molar-refractivity contribution in [1.82, 2.24) is 5.32 Å². The number of benzene rings is 1. The number of amides is 1. The Kier molecular flexibility index (Phi) is 5.76. The smallest absolute Gasteiger partial charge is 0.227 e. The van der Waals surface area contributed by atoms with Gasteiger partial charge >= 0.3 is 0 Å². The van der Waals surface area contributed by atoms with Crippen molar-refractivity contribution in [2.75, 3.05) is 6.54 Å². The summed E-state index contributed by atoms with van der Waals surface area (Å²) in [6, 6.07) is 6.23. The van der Waals surface area contributed by atoms with Crippen molar-refractivity contribution in [3.05, 3.63) is 35.6 Å². The molecule has 2 unspecified atom stereocenters. The summed E-state index contributed by atoms with van der Waals surface area (Å²) in [4.78, 5) is 12.1. The second-order valence-corrected chi connectivity index (χ2v) is 4.96. The number of carbonyl (C=O) groups excluding carboxylic acids is 1. The second-order valence-electron chi connectivity index (χ2n) is 4.96. The van der Waals surface area contributed by atoms with E-state index in [9.17, 15) is 9.18 Å². The van der Waals surface area contributed by atoms with Crippen LogP contribution in [0.1, 0.15) is 31.2 Å². The van der Waals surface area contributed by atoms with Gasteiger partial charge in [0.1, 0.15) is 5.82 Å². The molecule has 3 nitrogen and oxygen atoms in total. The molecular formula is C14H20ClFN2O. The molecule has 0 heterocycles. The Labute approximate surface area is 119 Å². The third-order valence-corrected chi connectivity index (χ3v) is 3.51. The van der Waals surface area contributed by atoms with Crippen LogP contribution in [-0.4, -0.2) is 18.5 Å². The highest BCUT2D eigenvalue weighted by molar-refractivity contribution is 5.85. The zero-order valence-electron chi connectivity index (χ0n) is 10.9. The average molecular weight is 287 g/mol. The number of halogens is 2. The van der Waals surface area contributed by atoms with E-state index in [4.69, 9.17) is 5.73 Å². The molecular weight excluding hydrogens is 267 g/mol. The van der Waals surface area contributed by atoms with Crippen LogP contribution >= 0.6 is 12.4 Å². The number of carbonyl (C=O) groups is 1. The van der Waals surface area contributed by atoms with Gasteiger partial charge in [-0.1, -0.05) is 12.1 Å². The zero-order chi connectivity index (χ0) is 13.1. The molecule has 0 bridgehead atoms. The fourth-order valence-corrected chi connectivity index (χ4v) is 2.10. The summed E-state index contributed by atoms with van der Waals surface area (Å²) in [6.45, 7) is 2.25. The van der Waals surface area contributed by atoms with E-state index >= 15 is 0 Å². The van der Waals surface area contributed by atoms with Crippen molar-refractivity contribution in [3.8, 4) is 0 Å². The Morgan fingerprint density at radius 2 is 2.21 bits per heavy atom. The fourth-order valence-electron chi connectivity index (χ4n) is 2.10. The van der Waals surface area contributed by atoms with Crippen molar-refractivity contribution in [1.29, 1.82) is 0 Å². The van der Waals surface area contributed by atoms with E-state index in [1.54, 1.807) is 19.1 Å². The molecule has 1 aliphatic rings. The van der Waals surface area contributed by atoms with Gasteiger partial charge in [-0.25, -0.2) is 4.39 Å². The maximum absolute atomic E-state index is 13.1. The lowest BCUT2D eigenvalue weighted by Gasteiger charge is -2.19. The van der Waals surface area contributed by atoms with Crippen LogP contribution in [0.4, 0.5) is 4.39 Å². The van der Waals surface area contributed by atoms with Gasteiger partial charge in [0.25, 0.3) is 0 Å². The van der Waals surface area contributed by atoms with Gasteiger partial charge in [0.05, 0.1) is 5.92 Å². The Hall–Kier alpha value is -1.13. The minimum atomic E-state index is -0.353. The van der Waals surface area contributed by atoms with E-state index < -0.39 is 0 Å². The van der Waals surface area contributed by atoms with Crippen molar-refractivity contribution in [2.24, 2.45) is 11.7 Å². The monoisotopic (exact) mass is 286 g/mol. The third-order valence-electron chi connectivity index (χ3n) is 3.51. The Morgan fingerprint density at radius 1 is 1.53 bits per heavy atom. The Balaban J connectivity index is 0.00000180. The minimum Gasteiger partial charge on any atom is -0.351 e. The van der Waals surface area contributed by atoms with Crippen LogP contribution in [0.5, 0.6) is 0 Å². The van der Waals surface area contributed by atoms with Gasteiger partial charge in [0, 0.05) is 12.6 Å². The first-order valence-electron chi connectivity index (χ1n) is 6.37. The summed E-state index contributed by atoms with van der Waals surface area (Å²) >= 11 is 0. The van der Waals surface area contributed by atoms with E-state index in [1.807, 2.05) is 0 Å². The molecule has 1 aromatic rings. The molecule has 1 fully saturated rings. The molecule has 1 aliphatic carbocycles. The molecule has 1 amide bonds. The Morgan fingerprint density at radius 3 is 2.74 bits per heavy atom. The number of rotatable bonds is 5. The van der Waals surface area contributed by atoms with Gasteiger partial charge in [0.15, 0.2) is 0 Å². The first kappa shape index (κ1) is 15.9. The molecule has 3 N–H and O–H groups in total. The van der Waals surface area contributed by atoms with Crippen molar-refractivity contribution < 1.29 is 9.18 Å². The molecule has 1 saturated carbocycles. The third kappa shape index (κ3) is 4.18. The molecule has 0 radical (unpaired) electrons. The summed E-state index contributed by atoms with van der Waals surface area (Å²) in [5.41, 5.74) is 6.34. The van der Waals surface area contributed by atoms with Crippen LogP contribution in [0, 0.1) is 11.7 Å². The van der Waals surface area contributed by atoms with Crippen LogP contribution < -0.4 is 11.1 Å². The van der Waals surface area contributed by atoms with E-state index in [2.05, 4.69) is 5.32 Å². The predicted octanol–water partition coefficient (Wildman–Crippen LogP) is 2.20. The lowest BCUT2D eigenvalue weighted by Crippen LogP contribution is -2.43. The highest BCUT2D eigenvalue weighted by Gasteiger charge is 2.32. The minimum absolute atomic E-state index is 0. The van der Waals surface area contributed by atoms with Crippen LogP contribution in [-0.2, 0) is 4.79 Å². The van der Waals surface area contributed by atoms with Crippen LogP contribution in [0.25, 0.3) is 0 Å². The van der Waals surface area contributed by atoms with Crippen LogP contribution in [0.15, 0.2) is 24.3 Å². The molecule has 2 atom stereocenters. The number of nitrogens with one attached hydrogen (secondary N) is 1. The van der Waals surface area contributed by atoms with Gasteiger partial charge in [-0.05, 0) is 43.4 Å². The second kappa shape index (κ2) is 6.87. The van der Waals surface area contributed by atoms with Gasteiger partial charge in [-0.15, -0.1) is 12.4 Å². The van der Waals surface area contributed by atoms with Gasteiger partial charge in [0.2, 0.25) is 5.91 Å². The van der Waals surface area contributed by atoms with Crippen molar-refractivity contribution >= 4 is 18.3 Å². The molecule has 19 heavy (non-hydrogen) atoms. The topological polar surface area (TPSA) is 55.1 Å². The van der Waals surface area contributed by atoms with Crippen molar-refractivity contribution in [3.63, 3.8) is 0 Å². The van der Waals surface area contributed by atoms with Gasteiger partial charge in [-0.3, -0.25) is 4.79 Å². The fraction of sp³-hybridized carbons (Fsp3) is 0.500. The number of hydrogen-bond donors (Lipinski definition) is 2. The Bertz CT molecular complexity index is 437. The van der Waals surface area contributed by atoms with Crippen LogP contribution in [0.3, 0.4) is 0 Å². The molecule has 1 aromatic carbocycles. The highest BCUT2D eigenvalue weighted by atomic mass is 35.5. The summed E-state index contributed by atoms with van der Waals surface area (Å²) in [5.74, 6) is -0.222. The molecule has 0 saturated heterocycles. The summed E-state index contributed by atoms with van der Waals surface area (Å²) in [7, 11) is 0. The van der Waals surface area contributed by atoms with Crippen LogP contribution in [0.2, 0.25) is 0 Å². The molecule has 5 heteroatoms. The quantitative estimate of drug-likeness (QED) is 0.872. The molecule has 0 aromatic heterocycles. The lowest BCUT2D eigenvalue weighted by molar-refractivity contribution is -0.123. The zero-order valence-corrected chi connectivity index (χ0v) is 11.8. The number of hydrogen-bond acceptors (Lipinski definition) is 2. The average Bonchev–Trinajstić information content (AvgIpc) is 3.19. The lowest BCUT2D eigenvalue weighted by atomic mass is 9.99. The summed E-state index contributed by atoms with van der Waals surface area (Å²) < 4.78 is 13.1. The predicted molar refractivity (Wildman–Crippen MR) is 75.8 cm³/mol. The van der Waals surface area contributed by atoms with E-state index in [0.29, 0.717) is 18.0 Å². The SMILES string of the molecule is CC(C(=O)NC(CN)C1CC1)c1cccc(F)c1.Cl. The first-order valence-corrected chi connectivity index (χ1v) is 6.37. The normalized spacial score (nSPS) is 17.2. The van der Waals surface area contributed by atoms with Gasteiger partial charge in [-0.2, -0.15) is 0 Å². The largest absolute Gasteiger partial charge is 0.351 e. The maximum Gasteiger partial charge on any atom is 0.227 e. The highest BCUT2D eigenvalue weighted by Crippen LogP contribution is 2.32. The standard InChI is InChI=1S/C14H19FN2O.ClH/c1-9(11-3-2-4-12(15)7-11)14(18)17-13(8-16)10-5-6-10;/h2-4,7,9-10,13H,5-6,8,16H2,1H3,(H,17,18);1H. The summed E-state index contributed by atoms with van der Waals surface area (Å²) in [6.07, 6.45) is 2.27. The van der Waals surface area contributed by atoms with E-state index in [-0.39, 0.29) is 36.1 Å².